The highest BCUT2D eigenvalue weighted by Crippen LogP contribution is 2.54. The lowest BCUT2D eigenvalue weighted by molar-refractivity contribution is -0.171. The van der Waals surface area contributed by atoms with E-state index in [1.54, 1.807) is 6.92 Å². The van der Waals surface area contributed by atoms with Gasteiger partial charge in [0.15, 0.2) is 0 Å². The van der Waals surface area contributed by atoms with Gasteiger partial charge in [-0.25, -0.2) is 0 Å². The molecule has 1 rings (SSSR count). The number of carbonyl (C=O) groups is 2. The number of carbonyl (C=O) groups excluding carboxylic acids is 2. The third-order valence-corrected chi connectivity index (χ3v) is 3.85. The van der Waals surface area contributed by atoms with Crippen molar-refractivity contribution in [2.45, 2.75) is 47.0 Å². The Bertz CT molecular complexity index is 275. The summed E-state index contributed by atoms with van der Waals surface area (Å²) in [4.78, 5) is 23.6. The van der Waals surface area contributed by atoms with Gasteiger partial charge in [-0.3, -0.25) is 9.59 Å². The SMILES string of the molecule is CCC(=O)C1(C(=O)OC)CC(C(C)(C)C)C1. The van der Waals surface area contributed by atoms with Crippen molar-refractivity contribution in [3.63, 3.8) is 0 Å². The fourth-order valence-electron chi connectivity index (χ4n) is 2.44. The molecule has 0 N–H and O–H groups in total. The highest BCUT2D eigenvalue weighted by atomic mass is 16.5. The van der Waals surface area contributed by atoms with Gasteiger partial charge in [0.1, 0.15) is 11.2 Å². The van der Waals surface area contributed by atoms with Gasteiger partial charge < -0.3 is 4.74 Å². The van der Waals surface area contributed by atoms with Crippen LogP contribution in [0.3, 0.4) is 0 Å². The topological polar surface area (TPSA) is 43.4 Å². The monoisotopic (exact) mass is 226 g/mol. The maximum Gasteiger partial charge on any atom is 0.319 e. The minimum Gasteiger partial charge on any atom is -0.468 e. The molecule has 0 atom stereocenters. The average Bonchev–Trinajstić information content (AvgIpc) is 2.13. The molecule has 0 spiro atoms. The largest absolute Gasteiger partial charge is 0.468 e. The van der Waals surface area contributed by atoms with Gasteiger partial charge >= 0.3 is 5.97 Å². The zero-order chi connectivity index (χ0) is 12.6. The van der Waals surface area contributed by atoms with Crippen LogP contribution in [0, 0.1) is 16.7 Å². The van der Waals surface area contributed by atoms with Crippen LogP contribution >= 0.6 is 0 Å². The van der Waals surface area contributed by atoms with Gasteiger partial charge in [-0.15, -0.1) is 0 Å². The van der Waals surface area contributed by atoms with Crippen molar-refractivity contribution >= 4 is 11.8 Å². The molecule has 0 aromatic heterocycles. The van der Waals surface area contributed by atoms with Crippen molar-refractivity contribution < 1.29 is 14.3 Å². The lowest BCUT2D eigenvalue weighted by Crippen LogP contribution is -2.53. The summed E-state index contributed by atoms with van der Waals surface area (Å²) in [5, 5.41) is 0. The number of methoxy groups -OCH3 is 1. The minimum absolute atomic E-state index is 0.0276. The predicted molar refractivity (Wildman–Crippen MR) is 61.9 cm³/mol. The Labute approximate surface area is 97.5 Å². The van der Waals surface area contributed by atoms with E-state index in [1.165, 1.54) is 7.11 Å². The van der Waals surface area contributed by atoms with Crippen LogP contribution < -0.4 is 0 Å². The van der Waals surface area contributed by atoms with Crippen LogP contribution in [-0.4, -0.2) is 18.9 Å². The number of Topliss-reactive ketones (excluding diaryl/α,β-unsaturated/α-hetero) is 1. The second-order valence-electron chi connectivity index (χ2n) is 5.82. The molecule has 0 bridgehead atoms. The van der Waals surface area contributed by atoms with E-state index in [-0.39, 0.29) is 17.2 Å². The molecule has 3 heteroatoms. The van der Waals surface area contributed by atoms with Crippen LogP contribution in [0.25, 0.3) is 0 Å². The molecule has 0 unspecified atom stereocenters. The van der Waals surface area contributed by atoms with Gasteiger partial charge in [0.25, 0.3) is 0 Å². The summed E-state index contributed by atoms with van der Waals surface area (Å²) in [5.74, 6) is 0.113. The number of rotatable bonds is 3. The number of hydrogen-bond acceptors (Lipinski definition) is 3. The summed E-state index contributed by atoms with van der Waals surface area (Å²) in [5.41, 5.74) is -0.674. The number of ether oxygens (including phenoxy) is 1. The summed E-state index contributed by atoms with van der Waals surface area (Å²) in [7, 11) is 1.36. The van der Waals surface area contributed by atoms with Crippen molar-refractivity contribution in [3.8, 4) is 0 Å². The molecular formula is C13H22O3. The summed E-state index contributed by atoms with van der Waals surface area (Å²) >= 11 is 0. The Balaban J connectivity index is 2.82. The highest BCUT2D eigenvalue weighted by molar-refractivity contribution is 6.04. The summed E-state index contributed by atoms with van der Waals surface area (Å²) in [6.07, 6.45) is 1.71. The number of ketones is 1. The molecule has 1 aliphatic rings. The average molecular weight is 226 g/mol. The maximum absolute atomic E-state index is 11.9. The molecule has 0 aromatic carbocycles. The molecule has 16 heavy (non-hydrogen) atoms. The second-order valence-corrected chi connectivity index (χ2v) is 5.82. The zero-order valence-corrected chi connectivity index (χ0v) is 10.9. The van der Waals surface area contributed by atoms with Crippen molar-refractivity contribution in [1.29, 1.82) is 0 Å². The predicted octanol–water partition coefficient (Wildman–Crippen LogP) is 2.58. The summed E-state index contributed by atoms with van der Waals surface area (Å²) in [6.45, 7) is 8.25. The van der Waals surface area contributed by atoms with Crippen LogP contribution in [0.15, 0.2) is 0 Å². The van der Waals surface area contributed by atoms with Crippen LogP contribution in [-0.2, 0) is 14.3 Å². The standard InChI is InChI=1S/C13H22O3/c1-6-10(14)13(11(15)16-5)7-9(8-13)12(2,3)4/h9H,6-8H2,1-5H3. The summed E-state index contributed by atoms with van der Waals surface area (Å²) in [6, 6.07) is 0. The fourth-order valence-corrected chi connectivity index (χ4v) is 2.44. The lowest BCUT2D eigenvalue weighted by Gasteiger charge is -2.49. The molecule has 0 amide bonds. The van der Waals surface area contributed by atoms with Crippen molar-refractivity contribution in [3.05, 3.63) is 0 Å². The Hall–Kier alpha value is -0.860. The van der Waals surface area contributed by atoms with E-state index in [2.05, 4.69) is 20.8 Å². The van der Waals surface area contributed by atoms with Crippen LogP contribution in [0.4, 0.5) is 0 Å². The quantitative estimate of drug-likeness (QED) is 0.548. The smallest absolute Gasteiger partial charge is 0.319 e. The van der Waals surface area contributed by atoms with Gasteiger partial charge in [0, 0.05) is 6.42 Å². The van der Waals surface area contributed by atoms with Gasteiger partial charge in [-0.1, -0.05) is 27.7 Å². The van der Waals surface area contributed by atoms with Crippen molar-refractivity contribution in [1.82, 2.24) is 0 Å². The molecule has 1 fully saturated rings. The van der Waals surface area contributed by atoms with E-state index in [0.29, 0.717) is 25.2 Å². The number of esters is 1. The first kappa shape index (κ1) is 13.2. The minimum atomic E-state index is -0.832. The van der Waals surface area contributed by atoms with Crippen LogP contribution in [0.2, 0.25) is 0 Å². The fraction of sp³-hybridized carbons (Fsp3) is 0.846. The Kier molecular flexibility index (Phi) is 3.46. The summed E-state index contributed by atoms with van der Waals surface area (Å²) < 4.78 is 4.78. The molecule has 1 saturated carbocycles. The van der Waals surface area contributed by atoms with E-state index >= 15 is 0 Å². The van der Waals surface area contributed by atoms with Gasteiger partial charge in [0.2, 0.25) is 0 Å². The van der Waals surface area contributed by atoms with E-state index in [4.69, 9.17) is 4.74 Å². The first-order valence-corrected chi connectivity index (χ1v) is 5.89. The van der Waals surface area contributed by atoms with E-state index in [9.17, 15) is 9.59 Å². The molecule has 3 nitrogen and oxygen atoms in total. The first-order chi connectivity index (χ1) is 7.28. The van der Waals surface area contributed by atoms with Crippen molar-refractivity contribution in [2.75, 3.05) is 7.11 Å². The van der Waals surface area contributed by atoms with Crippen LogP contribution in [0.5, 0.6) is 0 Å². The van der Waals surface area contributed by atoms with E-state index in [0.717, 1.165) is 0 Å². The molecule has 0 saturated heterocycles. The van der Waals surface area contributed by atoms with Crippen molar-refractivity contribution in [2.24, 2.45) is 16.7 Å². The normalized spacial score (nSPS) is 29.4. The third-order valence-electron chi connectivity index (χ3n) is 3.85. The second kappa shape index (κ2) is 4.19. The first-order valence-electron chi connectivity index (χ1n) is 5.89. The zero-order valence-electron chi connectivity index (χ0n) is 10.9. The third kappa shape index (κ3) is 2.00. The lowest BCUT2D eigenvalue weighted by atomic mass is 9.53. The molecule has 92 valence electrons. The Morgan fingerprint density at radius 1 is 1.31 bits per heavy atom. The van der Waals surface area contributed by atoms with Crippen LogP contribution in [0.1, 0.15) is 47.0 Å². The van der Waals surface area contributed by atoms with E-state index < -0.39 is 5.41 Å². The molecule has 0 aromatic rings. The van der Waals surface area contributed by atoms with Gasteiger partial charge in [0.05, 0.1) is 7.11 Å². The molecule has 0 heterocycles. The van der Waals surface area contributed by atoms with E-state index in [1.807, 2.05) is 0 Å². The molecule has 1 aliphatic carbocycles. The maximum atomic E-state index is 11.9. The highest BCUT2D eigenvalue weighted by Gasteiger charge is 2.57. The Morgan fingerprint density at radius 3 is 2.12 bits per heavy atom. The van der Waals surface area contributed by atoms with Gasteiger partial charge in [-0.05, 0) is 24.2 Å². The molecule has 0 aliphatic heterocycles. The van der Waals surface area contributed by atoms with Gasteiger partial charge in [-0.2, -0.15) is 0 Å². The Morgan fingerprint density at radius 2 is 1.81 bits per heavy atom. The molecular weight excluding hydrogens is 204 g/mol. The number of hydrogen-bond donors (Lipinski definition) is 0. The molecule has 0 radical (unpaired) electrons.